The molecule has 0 radical (unpaired) electrons. The highest BCUT2D eigenvalue weighted by atomic mass is 16.3. The Morgan fingerprint density at radius 3 is 2.42 bits per heavy atom. The molecule has 178 valence electrons. The highest BCUT2D eigenvalue weighted by Gasteiger charge is 2.21. The van der Waals surface area contributed by atoms with Gasteiger partial charge >= 0.3 is 0 Å². The Kier molecular flexibility index (Phi) is 5.75. The standard InChI is InChI=1S/C28H24N6O2/c35-26(32-15-17-33(18-16-32)28-29-13-6-14-30-28)12-11-22-20-34(23-8-2-1-3-9-23)31-27(22)25-19-21-7-4-5-10-24(21)36-25/h1-14,19-20H,15-18H2/b12-11+. The molecule has 6 rings (SSSR count). The number of amides is 1. The number of para-hydroxylation sites is 2. The molecule has 1 saturated heterocycles. The Morgan fingerprint density at radius 2 is 1.64 bits per heavy atom. The number of furan rings is 1. The fraction of sp³-hybridized carbons (Fsp3) is 0.143. The molecule has 36 heavy (non-hydrogen) atoms. The second-order valence-electron chi connectivity index (χ2n) is 8.56. The number of fused-ring (bicyclic) bond motifs is 1. The van der Waals surface area contributed by atoms with Crippen LogP contribution in [0, 0.1) is 0 Å². The maximum Gasteiger partial charge on any atom is 0.246 e. The minimum atomic E-state index is -0.0355. The summed E-state index contributed by atoms with van der Waals surface area (Å²) in [5.41, 5.74) is 3.22. The van der Waals surface area contributed by atoms with E-state index in [-0.39, 0.29) is 5.91 Å². The lowest BCUT2D eigenvalue weighted by Gasteiger charge is -2.34. The van der Waals surface area contributed by atoms with Crippen molar-refractivity contribution in [3.05, 3.63) is 97.0 Å². The molecule has 0 atom stereocenters. The Morgan fingerprint density at radius 1 is 0.889 bits per heavy atom. The number of hydrogen-bond donors (Lipinski definition) is 0. The summed E-state index contributed by atoms with van der Waals surface area (Å²) in [6, 6.07) is 21.5. The van der Waals surface area contributed by atoms with Gasteiger partial charge in [0.15, 0.2) is 5.76 Å². The molecule has 0 spiro atoms. The number of piperazine rings is 1. The lowest BCUT2D eigenvalue weighted by Crippen LogP contribution is -2.48. The summed E-state index contributed by atoms with van der Waals surface area (Å²) in [6.07, 6.45) is 8.83. The molecular weight excluding hydrogens is 452 g/mol. The number of carbonyl (C=O) groups excluding carboxylic acids is 1. The molecule has 0 N–H and O–H groups in total. The zero-order chi connectivity index (χ0) is 24.3. The van der Waals surface area contributed by atoms with E-state index in [1.807, 2.05) is 82.5 Å². The minimum absolute atomic E-state index is 0.0355. The molecule has 2 aromatic carbocycles. The maximum absolute atomic E-state index is 13.0. The van der Waals surface area contributed by atoms with Gasteiger partial charge in [-0.05, 0) is 36.4 Å². The molecule has 4 heterocycles. The second kappa shape index (κ2) is 9.50. The molecule has 0 saturated carbocycles. The number of hydrogen-bond acceptors (Lipinski definition) is 6. The van der Waals surface area contributed by atoms with Gasteiger partial charge in [-0.15, -0.1) is 0 Å². The van der Waals surface area contributed by atoms with Crippen molar-refractivity contribution < 1.29 is 9.21 Å². The average molecular weight is 477 g/mol. The first-order valence-electron chi connectivity index (χ1n) is 11.9. The van der Waals surface area contributed by atoms with E-state index < -0.39 is 0 Å². The third-order valence-corrected chi connectivity index (χ3v) is 6.25. The summed E-state index contributed by atoms with van der Waals surface area (Å²) in [6.45, 7) is 2.61. The average Bonchev–Trinajstić information content (AvgIpc) is 3.57. The summed E-state index contributed by atoms with van der Waals surface area (Å²) < 4.78 is 7.91. The summed E-state index contributed by atoms with van der Waals surface area (Å²) in [7, 11) is 0. The first-order chi connectivity index (χ1) is 17.7. The normalized spacial score (nSPS) is 14.1. The zero-order valence-corrected chi connectivity index (χ0v) is 19.6. The Bertz CT molecular complexity index is 1480. The van der Waals surface area contributed by atoms with Crippen LogP contribution < -0.4 is 4.90 Å². The number of nitrogens with zero attached hydrogens (tertiary/aromatic N) is 6. The number of benzene rings is 2. The van der Waals surface area contributed by atoms with Crippen LogP contribution in [0.25, 0.3) is 34.2 Å². The minimum Gasteiger partial charge on any atom is -0.454 e. The molecular formula is C28H24N6O2. The third kappa shape index (κ3) is 4.36. The van der Waals surface area contributed by atoms with Crippen molar-refractivity contribution >= 4 is 28.9 Å². The molecule has 0 bridgehead atoms. The van der Waals surface area contributed by atoms with Crippen LogP contribution in [-0.4, -0.2) is 56.7 Å². The van der Waals surface area contributed by atoms with Gasteiger partial charge in [-0.2, -0.15) is 5.10 Å². The summed E-state index contributed by atoms with van der Waals surface area (Å²) in [4.78, 5) is 25.6. The lowest BCUT2D eigenvalue weighted by molar-refractivity contribution is -0.126. The van der Waals surface area contributed by atoms with Gasteiger partial charge in [0.2, 0.25) is 11.9 Å². The largest absolute Gasteiger partial charge is 0.454 e. The van der Waals surface area contributed by atoms with Gasteiger partial charge in [0.25, 0.3) is 0 Å². The first kappa shape index (κ1) is 21.8. The van der Waals surface area contributed by atoms with E-state index in [2.05, 4.69) is 14.9 Å². The summed E-state index contributed by atoms with van der Waals surface area (Å²) >= 11 is 0. The fourth-order valence-corrected chi connectivity index (χ4v) is 4.36. The van der Waals surface area contributed by atoms with E-state index in [4.69, 9.17) is 9.52 Å². The van der Waals surface area contributed by atoms with Crippen LogP contribution in [0.5, 0.6) is 0 Å². The molecule has 8 nitrogen and oxygen atoms in total. The number of aromatic nitrogens is 4. The van der Waals surface area contributed by atoms with E-state index in [9.17, 15) is 4.79 Å². The van der Waals surface area contributed by atoms with E-state index in [0.29, 0.717) is 43.6 Å². The van der Waals surface area contributed by atoms with Crippen LogP contribution in [0.2, 0.25) is 0 Å². The molecule has 0 aliphatic carbocycles. The second-order valence-corrected chi connectivity index (χ2v) is 8.56. The summed E-state index contributed by atoms with van der Waals surface area (Å²) in [5.74, 6) is 1.32. The smallest absolute Gasteiger partial charge is 0.246 e. The van der Waals surface area contributed by atoms with Crippen molar-refractivity contribution in [3.8, 4) is 17.1 Å². The van der Waals surface area contributed by atoms with Gasteiger partial charge in [-0.25, -0.2) is 14.6 Å². The van der Waals surface area contributed by atoms with Crippen molar-refractivity contribution in [3.63, 3.8) is 0 Å². The van der Waals surface area contributed by atoms with Gasteiger partial charge in [-0.1, -0.05) is 36.4 Å². The van der Waals surface area contributed by atoms with Crippen LogP contribution in [0.3, 0.4) is 0 Å². The maximum atomic E-state index is 13.0. The van der Waals surface area contributed by atoms with Gasteiger partial charge in [0, 0.05) is 61.8 Å². The van der Waals surface area contributed by atoms with Crippen molar-refractivity contribution in [2.45, 2.75) is 0 Å². The SMILES string of the molecule is O=C(/C=C/c1cn(-c2ccccc2)nc1-c1cc2ccccc2o1)N1CCN(c2ncccn2)CC1. The first-order valence-corrected chi connectivity index (χ1v) is 11.9. The fourth-order valence-electron chi connectivity index (χ4n) is 4.36. The highest BCUT2D eigenvalue weighted by molar-refractivity contribution is 5.93. The van der Waals surface area contributed by atoms with Crippen molar-refractivity contribution in [2.75, 3.05) is 31.1 Å². The molecule has 0 unspecified atom stereocenters. The quantitative estimate of drug-likeness (QED) is 0.349. The van der Waals surface area contributed by atoms with Crippen LogP contribution >= 0.6 is 0 Å². The Labute approximate surface area is 208 Å². The molecule has 3 aromatic heterocycles. The number of anilines is 1. The van der Waals surface area contributed by atoms with Crippen molar-refractivity contribution in [2.24, 2.45) is 0 Å². The van der Waals surface area contributed by atoms with Crippen LogP contribution in [0.15, 0.2) is 95.8 Å². The Hall–Kier alpha value is -4.72. The van der Waals surface area contributed by atoms with Crippen LogP contribution in [-0.2, 0) is 4.79 Å². The van der Waals surface area contributed by atoms with Gasteiger partial charge in [0.05, 0.1) is 5.69 Å². The Balaban J connectivity index is 1.25. The zero-order valence-electron chi connectivity index (χ0n) is 19.6. The topological polar surface area (TPSA) is 80.3 Å². The lowest BCUT2D eigenvalue weighted by atomic mass is 10.1. The van der Waals surface area contributed by atoms with E-state index in [0.717, 1.165) is 22.2 Å². The molecule has 1 fully saturated rings. The van der Waals surface area contributed by atoms with Gasteiger partial charge < -0.3 is 14.2 Å². The monoisotopic (exact) mass is 476 g/mol. The summed E-state index contributed by atoms with van der Waals surface area (Å²) in [5, 5.41) is 5.81. The highest BCUT2D eigenvalue weighted by Crippen LogP contribution is 2.30. The number of rotatable bonds is 5. The molecule has 1 amide bonds. The van der Waals surface area contributed by atoms with Gasteiger partial charge in [-0.3, -0.25) is 4.79 Å². The number of carbonyl (C=O) groups is 1. The molecule has 5 aromatic rings. The van der Waals surface area contributed by atoms with Crippen molar-refractivity contribution in [1.29, 1.82) is 0 Å². The molecule has 1 aliphatic heterocycles. The van der Waals surface area contributed by atoms with Crippen LogP contribution in [0.1, 0.15) is 5.56 Å². The van der Waals surface area contributed by atoms with E-state index >= 15 is 0 Å². The van der Waals surface area contributed by atoms with Crippen molar-refractivity contribution in [1.82, 2.24) is 24.6 Å². The van der Waals surface area contributed by atoms with E-state index in [1.54, 1.807) is 24.5 Å². The van der Waals surface area contributed by atoms with Crippen LogP contribution in [0.4, 0.5) is 5.95 Å². The molecule has 1 aliphatic rings. The molecule has 8 heteroatoms. The predicted octanol–water partition coefficient (Wildman–Crippen LogP) is 4.44. The van der Waals surface area contributed by atoms with Gasteiger partial charge in [0.1, 0.15) is 11.3 Å². The predicted molar refractivity (Wildman–Crippen MR) is 139 cm³/mol. The third-order valence-electron chi connectivity index (χ3n) is 6.25. The van der Waals surface area contributed by atoms with E-state index in [1.165, 1.54) is 0 Å².